The Bertz CT molecular complexity index is 1220. The zero-order valence-corrected chi connectivity index (χ0v) is 20.6. The number of sulfonamides is 1. The molecule has 0 unspecified atom stereocenters. The maximum atomic E-state index is 13.2. The van der Waals surface area contributed by atoms with Gasteiger partial charge in [-0.05, 0) is 30.2 Å². The van der Waals surface area contributed by atoms with E-state index in [-0.39, 0.29) is 30.6 Å². The van der Waals surface area contributed by atoms with Gasteiger partial charge in [0.05, 0.1) is 25.4 Å². The normalized spacial score (nSPS) is 14.1. The standard InChI is InChI=1S/C23H25F3N4O6S/c1-2-35-21(31)14-20-28-29(12-13-30(20)37(33,34)23(24,25)26)19-10-8-17(9-11-19)15-27-22(32)36-16-18-6-4-3-5-7-18/h3-11H,2,12-16H2,1H3,(H,27,32). The van der Waals surface area contributed by atoms with Gasteiger partial charge in [-0.15, -0.1) is 0 Å². The van der Waals surface area contributed by atoms with E-state index in [4.69, 9.17) is 9.47 Å². The van der Waals surface area contributed by atoms with Gasteiger partial charge in [-0.25, -0.2) is 9.10 Å². The number of hydrogen-bond donors (Lipinski definition) is 1. The number of carbonyl (C=O) groups excluding carboxylic acids is 2. The average Bonchev–Trinajstić information content (AvgIpc) is 2.86. The number of carbonyl (C=O) groups is 2. The Balaban J connectivity index is 1.67. The molecule has 1 amide bonds. The second kappa shape index (κ2) is 12.0. The molecule has 1 heterocycles. The van der Waals surface area contributed by atoms with Gasteiger partial charge in [0.2, 0.25) is 0 Å². The molecule has 0 fully saturated rings. The number of ether oxygens (including phenoxy) is 2. The van der Waals surface area contributed by atoms with Crippen LogP contribution in [0.4, 0.5) is 23.7 Å². The molecule has 1 N–H and O–H groups in total. The van der Waals surface area contributed by atoms with E-state index in [1.807, 2.05) is 30.3 Å². The third-order valence-corrected chi connectivity index (χ3v) is 6.67. The summed E-state index contributed by atoms with van der Waals surface area (Å²) in [5.41, 5.74) is -3.56. The van der Waals surface area contributed by atoms with Gasteiger partial charge >= 0.3 is 27.6 Å². The number of rotatable bonds is 9. The average molecular weight is 543 g/mol. The van der Waals surface area contributed by atoms with Gasteiger partial charge in [0.1, 0.15) is 13.0 Å². The monoisotopic (exact) mass is 542 g/mol. The van der Waals surface area contributed by atoms with Crippen LogP contribution in [0.2, 0.25) is 0 Å². The fraction of sp³-hybridized carbons (Fsp3) is 0.348. The van der Waals surface area contributed by atoms with Gasteiger partial charge in [-0.1, -0.05) is 42.5 Å². The summed E-state index contributed by atoms with van der Waals surface area (Å²) in [6.45, 7) is 0.992. The zero-order valence-electron chi connectivity index (χ0n) is 19.8. The lowest BCUT2D eigenvalue weighted by atomic mass is 10.2. The first kappa shape index (κ1) is 27.8. The van der Waals surface area contributed by atoms with E-state index in [0.29, 0.717) is 11.3 Å². The number of nitrogens with zero attached hydrogens (tertiary/aromatic N) is 3. The highest BCUT2D eigenvalue weighted by molar-refractivity contribution is 7.90. The highest BCUT2D eigenvalue weighted by atomic mass is 32.2. The highest BCUT2D eigenvalue weighted by Gasteiger charge is 2.52. The molecule has 0 saturated heterocycles. The van der Waals surface area contributed by atoms with Crippen LogP contribution in [0.5, 0.6) is 0 Å². The second-order valence-electron chi connectivity index (χ2n) is 7.73. The van der Waals surface area contributed by atoms with Gasteiger partial charge in [0, 0.05) is 6.54 Å². The van der Waals surface area contributed by atoms with Crippen LogP contribution in [0.25, 0.3) is 0 Å². The number of alkyl carbamates (subject to hydrolysis) is 1. The van der Waals surface area contributed by atoms with E-state index >= 15 is 0 Å². The summed E-state index contributed by atoms with van der Waals surface area (Å²) >= 11 is 0. The van der Waals surface area contributed by atoms with Crippen molar-refractivity contribution >= 4 is 33.6 Å². The Morgan fingerprint density at radius 3 is 2.30 bits per heavy atom. The molecule has 2 aromatic carbocycles. The van der Waals surface area contributed by atoms with Crippen molar-refractivity contribution in [2.45, 2.75) is 32.0 Å². The molecule has 2 aromatic rings. The first-order valence-corrected chi connectivity index (χ1v) is 12.6. The molecule has 0 bridgehead atoms. The van der Waals surface area contributed by atoms with Crippen molar-refractivity contribution in [2.24, 2.45) is 5.10 Å². The van der Waals surface area contributed by atoms with Gasteiger partial charge in [-0.2, -0.15) is 26.7 Å². The minimum absolute atomic E-state index is 0.0306. The molecule has 14 heteroatoms. The molecule has 1 aliphatic rings. The first-order chi connectivity index (χ1) is 17.5. The quantitative estimate of drug-likeness (QED) is 0.483. The third-order valence-electron chi connectivity index (χ3n) is 5.11. The number of benzene rings is 2. The van der Waals surface area contributed by atoms with E-state index in [2.05, 4.69) is 10.4 Å². The van der Waals surface area contributed by atoms with Gasteiger partial charge in [-0.3, -0.25) is 9.80 Å². The maximum Gasteiger partial charge on any atom is 0.516 e. The lowest BCUT2D eigenvalue weighted by Crippen LogP contribution is -2.51. The molecule has 0 radical (unpaired) electrons. The lowest BCUT2D eigenvalue weighted by Gasteiger charge is -2.34. The number of esters is 1. The highest BCUT2D eigenvalue weighted by Crippen LogP contribution is 2.30. The molecule has 0 aliphatic carbocycles. The molecule has 1 aliphatic heterocycles. The van der Waals surface area contributed by atoms with Crippen LogP contribution in [-0.2, 0) is 37.4 Å². The van der Waals surface area contributed by atoms with Crippen molar-refractivity contribution in [3.8, 4) is 0 Å². The number of anilines is 1. The Labute approximate surface area is 211 Å². The maximum absolute atomic E-state index is 13.2. The predicted octanol–water partition coefficient (Wildman–Crippen LogP) is 3.35. The number of amidine groups is 1. The summed E-state index contributed by atoms with van der Waals surface area (Å²) in [5, 5.41) is 7.90. The Kier molecular flexibility index (Phi) is 8.97. The molecule has 0 atom stereocenters. The van der Waals surface area contributed by atoms with Gasteiger partial charge in [0.15, 0.2) is 5.84 Å². The fourth-order valence-corrected chi connectivity index (χ4v) is 4.27. The summed E-state index contributed by atoms with van der Waals surface area (Å²) in [4.78, 5) is 23.8. The predicted molar refractivity (Wildman–Crippen MR) is 128 cm³/mol. The van der Waals surface area contributed by atoms with Crippen molar-refractivity contribution in [1.82, 2.24) is 9.62 Å². The number of nitrogens with one attached hydrogen (secondary N) is 1. The molecular formula is C23H25F3N4O6S. The summed E-state index contributed by atoms with van der Waals surface area (Å²) in [6, 6.07) is 15.7. The molecule has 0 spiro atoms. The van der Waals surface area contributed by atoms with Crippen molar-refractivity contribution in [3.63, 3.8) is 0 Å². The van der Waals surface area contributed by atoms with E-state index in [1.165, 1.54) is 11.9 Å². The molecule has 0 saturated carbocycles. The number of hydrazone groups is 1. The summed E-state index contributed by atoms with van der Waals surface area (Å²) in [7, 11) is -5.74. The summed E-state index contributed by atoms with van der Waals surface area (Å²) in [5.74, 6) is -1.51. The minimum Gasteiger partial charge on any atom is -0.466 e. The van der Waals surface area contributed by atoms with Crippen LogP contribution in [0.15, 0.2) is 59.7 Å². The SMILES string of the molecule is CCOC(=O)CC1=NN(c2ccc(CNC(=O)OCc3ccccc3)cc2)CCN1S(=O)(=O)C(F)(F)F. The van der Waals surface area contributed by atoms with E-state index < -0.39 is 46.4 Å². The number of hydrogen-bond acceptors (Lipinski definition) is 8. The molecule has 10 nitrogen and oxygen atoms in total. The van der Waals surface area contributed by atoms with Crippen molar-refractivity contribution in [2.75, 3.05) is 24.7 Å². The minimum atomic E-state index is -5.74. The molecular weight excluding hydrogens is 517 g/mol. The number of amides is 1. The largest absolute Gasteiger partial charge is 0.516 e. The molecule has 0 aromatic heterocycles. The number of alkyl halides is 3. The zero-order chi connectivity index (χ0) is 27.1. The van der Waals surface area contributed by atoms with Crippen molar-refractivity contribution in [1.29, 1.82) is 0 Å². The number of halogens is 3. The van der Waals surface area contributed by atoms with Crippen LogP contribution in [0, 0.1) is 0 Å². The summed E-state index contributed by atoms with van der Waals surface area (Å²) in [6.07, 6.45) is -1.37. The van der Waals surface area contributed by atoms with Crippen LogP contribution in [-0.4, -0.2) is 55.8 Å². The van der Waals surface area contributed by atoms with Gasteiger partial charge in [0.25, 0.3) is 0 Å². The van der Waals surface area contributed by atoms with Crippen molar-refractivity contribution in [3.05, 3.63) is 65.7 Å². The van der Waals surface area contributed by atoms with E-state index in [9.17, 15) is 31.2 Å². The smallest absolute Gasteiger partial charge is 0.466 e. The third kappa shape index (κ3) is 7.35. The Morgan fingerprint density at radius 2 is 1.68 bits per heavy atom. The van der Waals surface area contributed by atoms with Crippen LogP contribution in [0.1, 0.15) is 24.5 Å². The summed E-state index contributed by atoms with van der Waals surface area (Å²) < 4.78 is 73.4. The fourth-order valence-electron chi connectivity index (χ4n) is 3.32. The van der Waals surface area contributed by atoms with E-state index in [1.54, 1.807) is 24.3 Å². The topological polar surface area (TPSA) is 118 Å². The van der Waals surface area contributed by atoms with Crippen LogP contribution < -0.4 is 10.3 Å². The first-order valence-electron chi connectivity index (χ1n) is 11.1. The van der Waals surface area contributed by atoms with Gasteiger partial charge < -0.3 is 14.8 Å². The van der Waals surface area contributed by atoms with Crippen LogP contribution in [0.3, 0.4) is 0 Å². The van der Waals surface area contributed by atoms with Crippen LogP contribution >= 0.6 is 0 Å². The second-order valence-corrected chi connectivity index (χ2v) is 9.58. The molecule has 3 rings (SSSR count). The molecule has 37 heavy (non-hydrogen) atoms. The Morgan fingerprint density at radius 1 is 1.00 bits per heavy atom. The lowest BCUT2D eigenvalue weighted by molar-refractivity contribution is -0.141. The molecule has 200 valence electrons. The Hall–Kier alpha value is -3.81. The van der Waals surface area contributed by atoms with Crippen molar-refractivity contribution < 1.29 is 40.7 Å². The van der Waals surface area contributed by atoms with E-state index in [0.717, 1.165) is 5.56 Å².